The van der Waals surface area contributed by atoms with Gasteiger partial charge >= 0.3 is 5.97 Å². The Morgan fingerprint density at radius 2 is 1.78 bits per heavy atom. The summed E-state index contributed by atoms with van der Waals surface area (Å²) in [4.78, 5) is 47.6. The van der Waals surface area contributed by atoms with E-state index in [1.165, 1.54) is 18.7 Å². The normalized spacial score (nSPS) is 13.9. The van der Waals surface area contributed by atoms with Crippen LogP contribution in [0, 0.1) is 5.92 Å². The van der Waals surface area contributed by atoms with Gasteiger partial charge in [-0.05, 0) is 30.4 Å². The van der Waals surface area contributed by atoms with Crippen LogP contribution in [0.15, 0.2) is 30.3 Å². The van der Waals surface area contributed by atoms with Gasteiger partial charge in [-0.3, -0.25) is 19.2 Å². The molecule has 0 spiro atoms. The average molecular weight is 395 g/mol. The number of carboxylic acid groups (broad SMARTS) is 1. The first kappa shape index (κ1) is 22.5. The molecule has 3 atom stereocenters. The van der Waals surface area contributed by atoms with Crippen molar-refractivity contribution in [2.75, 3.05) is 12.0 Å². The predicted octanol–water partition coefficient (Wildman–Crippen LogP) is 0.158. The first-order valence-corrected chi connectivity index (χ1v) is 9.78. The number of hydrogen-bond donors (Lipinski definition) is 4. The van der Waals surface area contributed by atoms with Crippen LogP contribution in [-0.2, 0) is 25.6 Å². The van der Waals surface area contributed by atoms with Crippen LogP contribution in [0.2, 0.25) is 0 Å². The molecule has 0 saturated heterocycles. The zero-order valence-corrected chi connectivity index (χ0v) is 16.1. The van der Waals surface area contributed by atoms with Crippen LogP contribution in [0.1, 0.15) is 18.9 Å². The minimum absolute atomic E-state index is 0.0423. The zero-order valence-electron chi connectivity index (χ0n) is 15.3. The van der Waals surface area contributed by atoms with Gasteiger partial charge in [0.15, 0.2) is 0 Å². The molecule has 0 bridgehead atoms. The van der Waals surface area contributed by atoms with E-state index in [0.717, 1.165) is 0 Å². The van der Waals surface area contributed by atoms with E-state index in [1.807, 2.05) is 6.26 Å². The van der Waals surface area contributed by atoms with E-state index in [1.54, 1.807) is 30.3 Å². The second kappa shape index (κ2) is 11.2. The van der Waals surface area contributed by atoms with Gasteiger partial charge in [-0.2, -0.15) is 11.8 Å². The third-order valence-electron chi connectivity index (χ3n) is 3.93. The zero-order chi connectivity index (χ0) is 20.4. The molecule has 0 saturated carbocycles. The number of carbonyl (C=O) groups excluding carboxylic acids is 3. The Kier molecular flexibility index (Phi) is 9.35. The summed E-state index contributed by atoms with van der Waals surface area (Å²) in [6, 6.07) is 6.51. The molecule has 0 aliphatic carbocycles. The summed E-state index contributed by atoms with van der Waals surface area (Å²) in [6.45, 7) is 1.20. The van der Waals surface area contributed by atoms with E-state index in [4.69, 9.17) is 5.73 Å². The lowest BCUT2D eigenvalue weighted by atomic mass is 9.91. The molecule has 0 aromatic heterocycles. The van der Waals surface area contributed by atoms with Crippen molar-refractivity contribution < 1.29 is 24.3 Å². The van der Waals surface area contributed by atoms with Gasteiger partial charge in [0, 0.05) is 6.92 Å². The molecule has 3 amide bonds. The Bertz CT molecular complexity index is 668. The van der Waals surface area contributed by atoms with E-state index in [-0.39, 0.29) is 6.42 Å². The Balaban J connectivity index is 3.04. The van der Waals surface area contributed by atoms with E-state index in [9.17, 15) is 24.3 Å². The summed E-state index contributed by atoms with van der Waals surface area (Å²) in [5.74, 6) is -3.86. The second-order valence-electron chi connectivity index (χ2n) is 6.06. The number of carboxylic acids is 1. The maximum absolute atomic E-state index is 12.7. The highest BCUT2D eigenvalue weighted by Gasteiger charge is 2.36. The molecular formula is C18H25N3O5S. The molecular weight excluding hydrogens is 370 g/mol. The highest BCUT2D eigenvalue weighted by atomic mass is 32.2. The van der Waals surface area contributed by atoms with Crippen molar-refractivity contribution in [3.05, 3.63) is 35.9 Å². The molecule has 1 aromatic carbocycles. The van der Waals surface area contributed by atoms with Crippen LogP contribution < -0.4 is 16.4 Å². The molecule has 0 heterocycles. The number of rotatable bonds is 11. The third kappa shape index (κ3) is 7.69. The molecule has 0 aliphatic heterocycles. The van der Waals surface area contributed by atoms with Gasteiger partial charge in [0.2, 0.25) is 17.7 Å². The number of nitrogens with one attached hydrogen (secondary N) is 2. The van der Waals surface area contributed by atoms with Crippen molar-refractivity contribution in [3.8, 4) is 0 Å². The average Bonchev–Trinajstić information content (AvgIpc) is 2.61. The predicted molar refractivity (Wildman–Crippen MR) is 103 cm³/mol. The summed E-state index contributed by atoms with van der Waals surface area (Å²) in [5, 5.41) is 14.5. The number of hydrogen-bond acceptors (Lipinski definition) is 5. The molecule has 3 unspecified atom stereocenters. The lowest BCUT2D eigenvalue weighted by Gasteiger charge is -2.26. The van der Waals surface area contributed by atoms with Gasteiger partial charge in [-0.15, -0.1) is 0 Å². The van der Waals surface area contributed by atoms with Crippen LogP contribution in [0.4, 0.5) is 0 Å². The van der Waals surface area contributed by atoms with Crippen molar-refractivity contribution in [3.63, 3.8) is 0 Å². The highest BCUT2D eigenvalue weighted by Crippen LogP contribution is 2.15. The number of carbonyl (C=O) groups is 4. The molecule has 9 heteroatoms. The number of benzene rings is 1. The quantitative estimate of drug-likeness (QED) is 0.421. The SMILES string of the molecule is CSCCC(NC(=O)C(NC(C)=O)C(Cc1ccccc1)C(=O)O)C(N)=O. The lowest BCUT2D eigenvalue weighted by molar-refractivity contribution is -0.146. The maximum atomic E-state index is 12.7. The summed E-state index contributed by atoms with van der Waals surface area (Å²) >= 11 is 1.48. The fourth-order valence-electron chi connectivity index (χ4n) is 2.57. The topological polar surface area (TPSA) is 139 Å². The lowest BCUT2D eigenvalue weighted by Crippen LogP contribution is -2.57. The van der Waals surface area contributed by atoms with Crippen molar-refractivity contribution in [1.82, 2.24) is 10.6 Å². The smallest absolute Gasteiger partial charge is 0.309 e. The first-order valence-electron chi connectivity index (χ1n) is 8.38. The number of amides is 3. The van der Waals surface area contributed by atoms with Crippen LogP contribution >= 0.6 is 11.8 Å². The van der Waals surface area contributed by atoms with Crippen LogP contribution in [-0.4, -0.2) is 52.9 Å². The van der Waals surface area contributed by atoms with Crippen LogP contribution in [0.5, 0.6) is 0 Å². The van der Waals surface area contributed by atoms with E-state index in [2.05, 4.69) is 10.6 Å². The van der Waals surface area contributed by atoms with Gasteiger partial charge in [0.1, 0.15) is 12.1 Å². The minimum Gasteiger partial charge on any atom is -0.481 e. The number of aliphatic carboxylic acids is 1. The van der Waals surface area contributed by atoms with Gasteiger partial charge in [0.05, 0.1) is 5.92 Å². The Morgan fingerprint density at radius 3 is 2.26 bits per heavy atom. The fraction of sp³-hybridized carbons (Fsp3) is 0.444. The monoisotopic (exact) mass is 395 g/mol. The van der Waals surface area contributed by atoms with Crippen molar-refractivity contribution in [2.45, 2.75) is 31.8 Å². The molecule has 0 aliphatic rings. The first-order chi connectivity index (χ1) is 12.8. The molecule has 5 N–H and O–H groups in total. The summed E-state index contributed by atoms with van der Waals surface area (Å²) in [7, 11) is 0. The fourth-order valence-corrected chi connectivity index (χ4v) is 3.04. The van der Waals surface area contributed by atoms with Crippen molar-refractivity contribution in [2.24, 2.45) is 11.7 Å². The molecule has 0 radical (unpaired) electrons. The Morgan fingerprint density at radius 1 is 1.15 bits per heavy atom. The van der Waals surface area contributed by atoms with Gasteiger partial charge < -0.3 is 21.5 Å². The summed E-state index contributed by atoms with van der Waals surface area (Å²) < 4.78 is 0. The number of nitrogens with two attached hydrogens (primary N) is 1. The van der Waals surface area contributed by atoms with E-state index >= 15 is 0 Å². The summed E-state index contributed by atoms with van der Waals surface area (Å²) in [6.07, 6.45) is 2.20. The standard InChI is InChI=1S/C18H25N3O5S/c1-11(22)20-15(17(24)21-14(16(19)23)8-9-27-2)13(18(25)26)10-12-6-4-3-5-7-12/h3-7,13-15H,8-10H2,1-2H3,(H2,19,23)(H,20,22)(H,21,24)(H,25,26). The van der Waals surface area contributed by atoms with E-state index < -0.39 is 41.7 Å². The molecule has 27 heavy (non-hydrogen) atoms. The van der Waals surface area contributed by atoms with Crippen molar-refractivity contribution in [1.29, 1.82) is 0 Å². The highest BCUT2D eigenvalue weighted by molar-refractivity contribution is 7.98. The van der Waals surface area contributed by atoms with Crippen LogP contribution in [0.3, 0.4) is 0 Å². The largest absolute Gasteiger partial charge is 0.481 e. The van der Waals surface area contributed by atoms with Gasteiger partial charge in [0.25, 0.3) is 0 Å². The van der Waals surface area contributed by atoms with Gasteiger partial charge in [-0.25, -0.2) is 0 Å². The molecule has 1 aromatic rings. The second-order valence-corrected chi connectivity index (χ2v) is 7.04. The summed E-state index contributed by atoms with van der Waals surface area (Å²) in [5.41, 5.74) is 6.03. The molecule has 0 fully saturated rings. The van der Waals surface area contributed by atoms with Crippen LogP contribution in [0.25, 0.3) is 0 Å². The molecule has 8 nitrogen and oxygen atoms in total. The third-order valence-corrected chi connectivity index (χ3v) is 4.57. The Labute approximate surface area is 162 Å². The molecule has 148 valence electrons. The van der Waals surface area contributed by atoms with E-state index in [0.29, 0.717) is 17.7 Å². The maximum Gasteiger partial charge on any atom is 0.309 e. The number of primary amides is 1. The number of thioether (sulfide) groups is 1. The molecule has 1 rings (SSSR count). The Hall–Kier alpha value is -2.55. The van der Waals surface area contributed by atoms with Crippen molar-refractivity contribution >= 4 is 35.5 Å². The van der Waals surface area contributed by atoms with Gasteiger partial charge in [-0.1, -0.05) is 30.3 Å². The minimum atomic E-state index is -1.34.